The fraction of sp³-hybridized carbons (Fsp3) is 0.400. The molecule has 3 rings (SSSR count). The van der Waals surface area contributed by atoms with Crippen molar-refractivity contribution >= 4 is 23.7 Å². The van der Waals surface area contributed by atoms with Gasteiger partial charge in [-0.25, -0.2) is 4.98 Å². The molecule has 1 aromatic heterocycles. The van der Waals surface area contributed by atoms with Gasteiger partial charge in [-0.05, 0) is 62.1 Å². The highest BCUT2D eigenvalue weighted by Crippen LogP contribution is 2.29. The molecule has 1 aromatic carbocycles. The molecule has 1 aliphatic carbocycles. The Hall–Kier alpha value is -2.99. The number of benzene rings is 1. The number of nitrogens with one attached hydrogen (secondary N) is 2. The van der Waals surface area contributed by atoms with Crippen LogP contribution in [0.1, 0.15) is 37.5 Å². The van der Waals surface area contributed by atoms with Crippen LogP contribution in [0.2, 0.25) is 0 Å². The molecule has 164 valence electrons. The van der Waals surface area contributed by atoms with Gasteiger partial charge < -0.3 is 15.5 Å². The normalized spacial score (nSPS) is 15.7. The van der Waals surface area contributed by atoms with Crippen LogP contribution in [-0.2, 0) is 22.4 Å². The molecule has 1 unspecified atom stereocenters. The smallest absolute Gasteiger partial charge is 0.242 e. The fourth-order valence-electron chi connectivity index (χ4n) is 4.02. The summed E-state index contributed by atoms with van der Waals surface area (Å²) in [6.45, 7) is 7.09. The Kier molecular flexibility index (Phi) is 7.23. The van der Waals surface area contributed by atoms with E-state index in [1.807, 2.05) is 52.1 Å². The third-order valence-corrected chi connectivity index (χ3v) is 5.64. The predicted octanol–water partition coefficient (Wildman–Crippen LogP) is 3.29. The van der Waals surface area contributed by atoms with Crippen LogP contribution in [0, 0.1) is 5.92 Å². The average Bonchev–Trinajstić information content (AvgIpc) is 3.17. The van der Waals surface area contributed by atoms with E-state index in [2.05, 4.69) is 33.8 Å². The van der Waals surface area contributed by atoms with Crippen molar-refractivity contribution < 1.29 is 9.59 Å². The number of anilines is 1. The number of amides is 2. The number of fused-ring (bicyclic) bond motifs is 1. The number of carbonyl (C=O) groups excluding carboxylic acids is 2. The molecule has 6 heteroatoms. The second kappa shape index (κ2) is 9.88. The van der Waals surface area contributed by atoms with Crippen LogP contribution in [0.3, 0.4) is 0 Å². The maximum absolute atomic E-state index is 12.6. The van der Waals surface area contributed by atoms with Gasteiger partial charge in [-0.15, -0.1) is 0 Å². The number of pyridine rings is 1. The highest BCUT2D eigenvalue weighted by atomic mass is 16.2. The molecule has 6 nitrogen and oxygen atoms in total. The van der Waals surface area contributed by atoms with Crippen LogP contribution < -0.4 is 10.6 Å². The van der Waals surface area contributed by atoms with E-state index in [-0.39, 0.29) is 17.7 Å². The molecule has 2 aromatic rings. The first-order valence-electron chi connectivity index (χ1n) is 10.8. The number of hydrogen-bond donors (Lipinski definition) is 2. The van der Waals surface area contributed by atoms with Crippen LogP contribution in [0.15, 0.2) is 48.7 Å². The Morgan fingerprint density at radius 2 is 1.97 bits per heavy atom. The highest BCUT2D eigenvalue weighted by Gasteiger charge is 2.29. The van der Waals surface area contributed by atoms with E-state index >= 15 is 0 Å². The van der Waals surface area contributed by atoms with Crippen molar-refractivity contribution in [3.05, 3.63) is 65.4 Å². The first-order valence-corrected chi connectivity index (χ1v) is 10.8. The fourth-order valence-corrected chi connectivity index (χ4v) is 4.02. The van der Waals surface area contributed by atoms with E-state index in [4.69, 9.17) is 0 Å². The number of aromatic nitrogens is 1. The van der Waals surface area contributed by atoms with Gasteiger partial charge in [0, 0.05) is 25.7 Å². The minimum Gasteiger partial charge on any atom is -0.340 e. The maximum Gasteiger partial charge on any atom is 0.242 e. The van der Waals surface area contributed by atoms with Gasteiger partial charge in [-0.2, -0.15) is 0 Å². The minimum atomic E-state index is -0.574. The van der Waals surface area contributed by atoms with Gasteiger partial charge in [0.25, 0.3) is 0 Å². The molecular weight excluding hydrogens is 388 g/mol. The van der Waals surface area contributed by atoms with Gasteiger partial charge in [-0.3, -0.25) is 9.59 Å². The third kappa shape index (κ3) is 5.79. The molecular formula is C25H32N4O2. The Balaban J connectivity index is 1.57. The van der Waals surface area contributed by atoms with E-state index in [9.17, 15) is 9.59 Å². The van der Waals surface area contributed by atoms with Gasteiger partial charge in [0.2, 0.25) is 11.8 Å². The van der Waals surface area contributed by atoms with E-state index < -0.39 is 5.54 Å². The van der Waals surface area contributed by atoms with Crippen LogP contribution in [0.25, 0.3) is 6.08 Å². The standard InChI is InChI=1S/C25H32N4O2/c1-5-27-25(2,3)24(31)29(4)14-8-9-18-11-12-19-16-21(17-20(19)15-18)23(30)28-22-10-6-7-13-26-22/h6-13,15,21,27H,5,14,16-17H2,1-4H3,(H,26,28,30)/b9-8+. The number of nitrogens with zero attached hydrogens (tertiary/aromatic N) is 2. The molecule has 0 aliphatic heterocycles. The summed E-state index contributed by atoms with van der Waals surface area (Å²) < 4.78 is 0. The van der Waals surface area contributed by atoms with Crippen LogP contribution >= 0.6 is 0 Å². The van der Waals surface area contributed by atoms with Crippen molar-refractivity contribution in [2.24, 2.45) is 5.92 Å². The number of rotatable bonds is 8. The van der Waals surface area contributed by atoms with Crippen molar-refractivity contribution in [3.63, 3.8) is 0 Å². The summed E-state index contributed by atoms with van der Waals surface area (Å²) in [7, 11) is 1.82. The molecule has 0 saturated heterocycles. The molecule has 2 N–H and O–H groups in total. The second-order valence-electron chi connectivity index (χ2n) is 8.58. The molecule has 0 spiro atoms. The van der Waals surface area contributed by atoms with E-state index in [0.29, 0.717) is 12.4 Å². The zero-order valence-corrected chi connectivity index (χ0v) is 18.8. The molecule has 1 heterocycles. The first kappa shape index (κ1) is 22.7. The van der Waals surface area contributed by atoms with Crippen molar-refractivity contribution in [2.75, 3.05) is 25.5 Å². The Morgan fingerprint density at radius 1 is 1.19 bits per heavy atom. The lowest BCUT2D eigenvalue weighted by atomic mass is 10.0. The summed E-state index contributed by atoms with van der Waals surface area (Å²) in [6.07, 6.45) is 7.18. The third-order valence-electron chi connectivity index (χ3n) is 5.64. The first-order chi connectivity index (χ1) is 14.8. The number of hydrogen-bond acceptors (Lipinski definition) is 4. The molecule has 0 fully saturated rings. The van der Waals surface area contributed by atoms with E-state index in [1.54, 1.807) is 17.2 Å². The summed E-state index contributed by atoms with van der Waals surface area (Å²) in [4.78, 5) is 31.1. The Morgan fingerprint density at radius 3 is 2.68 bits per heavy atom. The lowest BCUT2D eigenvalue weighted by molar-refractivity contribution is -0.135. The quantitative estimate of drug-likeness (QED) is 0.687. The van der Waals surface area contributed by atoms with Crippen LogP contribution in [0.5, 0.6) is 0 Å². The number of carbonyl (C=O) groups is 2. The molecule has 31 heavy (non-hydrogen) atoms. The lowest BCUT2D eigenvalue weighted by Gasteiger charge is -2.29. The van der Waals surface area contributed by atoms with Crippen molar-refractivity contribution in [1.29, 1.82) is 0 Å². The topological polar surface area (TPSA) is 74.3 Å². The maximum atomic E-state index is 12.6. The van der Waals surface area contributed by atoms with E-state index in [0.717, 1.165) is 24.9 Å². The summed E-state index contributed by atoms with van der Waals surface area (Å²) in [6, 6.07) is 11.8. The predicted molar refractivity (Wildman–Crippen MR) is 125 cm³/mol. The zero-order valence-electron chi connectivity index (χ0n) is 18.8. The SMILES string of the molecule is CCNC(C)(C)C(=O)N(C)C/C=C/c1ccc2c(c1)CC(C(=O)Nc1ccccn1)C2. The van der Waals surface area contributed by atoms with Crippen molar-refractivity contribution in [3.8, 4) is 0 Å². The van der Waals surface area contributed by atoms with Gasteiger partial charge in [0.15, 0.2) is 0 Å². The summed E-state index contributed by atoms with van der Waals surface area (Å²) >= 11 is 0. The van der Waals surface area contributed by atoms with Gasteiger partial charge >= 0.3 is 0 Å². The van der Waals surface area contributed by atoms with Gasteiger partial charge in [0.1, 0.15) is 5.82 Å². The molecule has 0 bridgehead atoms. The van der Waals surface area contributed by atoms with Crippen LogP contribution in [0.4, 0.5) is 5.82 Å². The molecule has 1 atom stereocenters. The summed E-state index contributed by atoms with van der Waals surface area (Å²) in [5.74, 6) is 0.585. The van der Waals surface area contributed by atoms with Crippen molar-refractivity contribution in [1.82, 2.24) is 15.2 Å². The van der Waals surface area contributed by atoms with E-state index in [1.165, 1.54) is 11.1 Å². The largest absolute Gasteiger partial charge is 0.340 e. The zero-order chi connectivity index (χ0) is 22.4. The highest BCUT2D eigenvalue weighted by molar-refractivity contribution is 5.92. The number of likely N-dealkylation sites (N-methyl/N-ethyl adjacent to an activating group) is 2. The average molecular weight is 421 g/mol. The molecule has 2 amide bonds. The van der Waals surface area contributed by atoms with Gasteiger partial charge in [0.05, 0.1) is 5.54 Å². The molecule has 0 radical (unpaired) electrons. The second-order valence-corrected chi connectivity index (χ2v) is 8.58. The lowest BCUT2D eigenvalue weighted by Crippen LogP contribution is -2.53. The summed E-state index contributed by atoms with van der Waals surface area (Å²) in [5.41, 5.74) is 2.94. The Labute approximate surface area is 184 Å². The minimum absolute atomic E-state index is 0.00966. The molecule has 1 aliphatic rings. The van der Waals surface area contributed by atoms with Gasteiger partial charge in [-0.1, -0.05) is 43.3 Å². The Bertz CT molecular complexity index is 953. The monoisotopic (exact) mass is 420 g/mol. The molecule has 0 saturated carbocycles. The summed E-state index contributed by atoms with van der Waals surface area (Å²) in [5, 5.41) is 6.12. The van der Waals surface area contributed by atoms with Crippen LogP contribution in [-0.4, -0.2) is 47.4 Å². The van der Waals surface area contributed by atoms with Crippen molar-refractivity contribution in [2.45, 2.75) is 39.2 Å².